The van der Waals surface area contributed by atoms with E-state index >= 15 is 0 Å². The Morgan fingerprint density at radius 2 is 1.93 bits per heavy atom. The zero-order valence-corrected chi connectivity index (χ0v) is 16.0. The summed E-state index contributed by atoms with van der Waals surface area (Å²) in [6, 6.07) is 11.7. The Balaban J connectivity index is 1.70. The van der Waals surface area contributed by atoms with Gasteiger partial charge in [0.2, 0.25) is 5.88 Å². The zero-order valence-electron chi connectivity index (χ0n) is 16.0. The van der Waals surface area contributed by atoms with Gasteiger partial charge in [0.05, 0.1) is 13.3 Å². The number of nitrogens with zero attached hydrogens (tertiary/aromatic N) is 4. The number of aromatic nitrogens is 3. The lowest BCUT2D eigenvalue weighted by molar-refractivity contribution is 0.411. The second-order valence-electron chi connectivity index (χ2n) is 6.70. The molecule has 0 bridgehead atoms. The minimum Gasteiger partial charge on any atom is -0.497 e. The largest absolute Gasteiger partial charge is 0.497 e. The minimum atomic E-state index is 0.389. The molecule has 3 heterocycles. The van der Waals surface area contributed by atoms with Crippen LogP contribution in [-0.4, -0.2) is 47.7 Å². The Bertz CT molecular complexity index is 918. The van der Waals surface area contributed by atoms with E-state index in [2.05, 4.69) is 27.1 Å². The SMILES string of the molecule is COc1ccc(Oc2nc(-c3cccnc3)ncc2N2CCN[C@H](C)C2)cc1. The molecule has 7 nitrogen and oxygen atoms in total. The van der Waals surface area contributed by atoms with Crippen LogP contribution in [0.4, 0.5) is 5.69 Å². The summed E-state index contributed by atoms with van der Waals surface area (Å²) in [7, 11) is 1.64. The van der Waals surface area contributed by atoms with E-state index in [0.717, 1.165) is 36.6 Å². The van der Waals surface area contributed by atoms with Crippen LogP contribution in [-0.2, 0) is 0 Å². The average Bonchev–Trinajstić information content (AvgIpc) is 2.75. The first-order chi connectivity index (χ1) is 13.7. The third-order valence-electron chi connectivity index (χ3n) is 4.64. The highest BCUT2D eigenvalue weighted by Crippen LogP contribution is 2.33. The first-order valence-electron chi connectivity index (χ1n) is 9.30. The van der Waals surface area contributed by atoms with Gasteiger partial charge < -0.3 is 19.7 Å². The molecule has 7 heteroatoms. The molecule has 0 saturated carbocycles. The van der Waals surface area contributed by atoms with Gasteiger partial charge in [0.1, 0.15) is 17.2 Å². The van der Waals surface area contributed by atoms with Crippen molar-refractivity contribution >= 4 is 5.69 Å². The molecule has 1 aliphatic heterocycles. The summed E-state index contributed by atoms with van der Waals surface area (Å²) in [6.45, 7) is 4.82. The number of rotatable bonds is 5. The van der Waals surface area contributed by atoms with Crippen LogP contribution in [0.2, 0.25) is 0 Å². The van der Waals surface area contributed by atoms with Gasteiger partial charge in [0, 0.05) is 43.6 Å². The van der Waals surface area contributed by atoms with Gasteiger partial charge in [-0.1, -0.05) is 0 Å². The van der Waals surface area contributed by atoms with E-state index in [1.807, 2.05) is 42.6 Å². The normalized spacial score (nSPS) is 16.6. The predicted octanol–water partition coefficient (Wildman–Crippen LogP) is 3.14. The maximum atomic E-state index is 6.17. The Labute approximate surface area is 164 Å². The molecule has 144 valence electrons. The van der Waals surface area contributed by atoms with Crippen LogP contribution in [0.15, 0.2) is 55.0 Å². The van der Waals surface area contributed by atoms with Crippen molar-refractivity contribution in [3.05, 3.63) is 55.0 Å². The lowest BCUT2D eigenvalue weighted by Gasteiger charge is -2.33. The van der Waals surface area contributed by atoms with Crippen LogP contribution < -0.4 is 19.7 Å². The van der Waals surface area contributed by atoms with Crippen LogP contribution in [0, 0.1) is 0 Å². The van der Waals surface area contributed by atoms with E-state index in [1.165, 1.54) is 0 Å². The van der Waals surface area contributed by atoms with Crippen LogP contribution in [0.5, 0.6) is 17.4 Å². The number of methoxy groups -OCH3 is 1. The first kappa shape index (κ1) is 18.2. The Kier molecular flexibility index (Phi) is 5.34. The number of ether oxygens (including phenoxy) is 2. The third kappa shape index (κ3) is 4.04. The zero-order chi connectivity index (χ0) is 19.3. The van der Waals surface area contributed by atoms with Gasteiger partial charge >= 0.3 is 0 Å². The lowest BCUT2D eigenvalue weighted by atomic mass is 10.2. The molecule has 0 radical (unpaired) electrons. The molecule has 1 N–H and O–H groups in total. The highest BCUT2D eigenvalue weighted by Gasteiger charge is 2.22. The number of benzene rings is 1. The summed E-state index contributed by atoms with van der Waals surface area (Å²) in [6.07, 6.45) is 5.32. The average molecular weight is 377 g/mol. The molecule has 1 saturated heterocycles. The molecule has 0 unspecified atom stereocenters. The number of anilines is 1. The van der Waals surface area contributed by atoms with E-state index in [0.29, 0.717) is 23.5 Å². The quantitative estimate of drug-likeness (QED) is 0.732. The van der Waals surface area contributed by atoms with Gasteiger partial charge in [-0.3, -0.25) is 4.98 Å². The van der Waals surface area contributed by atoms with Gasteiger partial charge in [-0.05, 0) is 43.3 Å². The monoisotopic (exact) mass is 377 g/mol. The molecule has 28 heavy (non-hydrogen) atoms. The fourth-order valence-electron chi connectivity index (χ4n) is 3.19. The molecule has 1 fully saturated rings. The molecule has 0 spiro atoms. The van der Waals surface area contributed by atoms with Gasteiger partial charge in [0.25, 0.3) is 0 Å². The fraction of sp³-hybridized carbons (Fsp3) is 0.286. The van der Waals surface area contributed by atoms with Crippen LogP contribution in [0.1, 0.15) is 6.92 Å². The molecule has 1 atom stereocenters. The highest BCUT2D eigenvalue weighted by molar-refractivity contribution is 5.61. The summed E-state index contributed by atoms with van der Waals surface area (Å²) in [5.74, 6) is 2.60. The standard InChI is InChI=1S/C21H23N5O2/c1-15-14-26(11-10-23-15)19-13-24-20(16-4-3-9-22-12-16)25-21(19)28-18-7-5-17(27-2)6-8-18/h3-9,12-13,15,23H,10-11,14H2,1-2H3/t15-/m1/s1. The van der Waals surface area contributed by atoms with Crippen molar-refractivity contribution in [2.24, 2.45) is 0 Å². The number of hydrogen-bond donors (Lipinski definition) is 1. The van der Waals surface area contributed by atoms with E-state index in [9.17, 15) is 0 Å². The van der Waals surface area contributed by atoms with E-state index in [-0.39, 0.29) is 0 Å². The van der Waals surface area contributed by atoms with E-state index in [1.54, 1.807) is 19.5 Å². The Morgan fingerprint density at radius 1 is 1.11 bits per heavy atom. The van der Waals surface area contributed by atoms with Crippen LogP contribution in [0.25, 0.3) is 11.4 Å². The number of nitrogens with one attached hydrogen (secondary N) is 1. The van der Waals surface area contributed by atoms with Gasteiger partial charge in [-0.2, -0.15) is 4.98 Å². The van der Waals surface area contributed by atoms with Gasteiger partial charge in [-0.25, -0.2) is 4.98 Å². The van der Waals surface area contributed by atoms with Crippen LogP contribution in [0.3, 0.4) is 0 Å². The molecule has 1 aliphatic rings. The topological polar surface area (TPSA) is 72.4 Å². The second-order valence-corrected chi connectivity index (χ2v) is 6.70. The van der Waals surface area contributed by atoms with Crippen molar-refractivity contribution in [1.82, 2.24) is 20.3 Å². The lowest BCUT2D eigenvalue weighted by Crippen LogP contribution is -2.49. The summed E-state index contributed by atoms with van der Waals surface area (Å²) < 4.78 is 11.4. The van der Waals surface area contributed by atoms with Crippen LogP contribution >= 0.6 is 0 Å². The summed E-state index contributed by atoms with van der Waals surface area (Å²) in [5.41, 5.74) is 1.74. The fourth-order valence-corrected chi connectivity index (χ4v) is 3.19. The molecule has 2 aromatic heterocycles. The molecule has 0 amide bonds. The van der Waals surface area contributed by atoms with Gasteiger partial charge in [-0.15, -0.1) is 0 Å². The minimum absolute atomic E-state index is 0.389. The number of pyridine rings is 1. The van der Waals surface area contributed by atoms with E-state index < -0.39 is 0 Å². The maximum absolute atomic E-state index is 6.17. The van der Waals surface area contributed by atoms with Crippen molar-refractivity contribution in [3.8, 4) is 28.8 Å². The molecule has 1 aromatic carbocycles. The summed E-state index contributed by atoms with van der Waals surface area (Å²) in [4.78, 5) is 15.7. The molecular weight excluding hydrogens is 354 g/mol. The smallest absolute Gasteiger partial charge is 0.246 e. The summed E-state index contributed by atoms with van der Waals surface area (Å²) in [5, 5.41) is 3.46. The van der Waals surface area contributed by atoms with Crippen molar-refractivity contribution in [1.29, 1.82) is 0 Å². The predicted molar refractivity (Wildman–Crippen MR) is 108 cm³/mol. The van der Waals surface area contributed by atoms with E-state index in [4.69, 9.17) is 14.5 Å². The third-order valence-corrected chi connectivity index (χ3v) is 4.64. The van der Waals surface area contributed by atoms with Crippen molar-refractivity contribution in [2.45, 2.75) is 13.0 Å². The van der Waals surface area contributed by atoms with Crippen molar-refractivity contribution in [2.75, 3.05) is 31.6 Å². The van der Waals surface area contributed by atoms with Gasteiger partial charge in [0.15, 0.2) is 5.82 Å². The molecule has 4 rings (SSSR count). The molecule has 3 aromatic rings. The molecule has 0 aliphatic carbocycles. The number of piperazine rings is 1. The Hall–Kier alpha value is -3.19. The van der Waals surface area contributed by atoms with Crippen molar-refractivity contribution in [3.63, 3.8) is 0 Å². The highest BCUT2D eigenvalue weighted by atomic mass is 16.5. The molecular formula is C21H23N5O2. The summed E-state index contributed by atoms with van der Waals surface area (Å²) >= 11 is 0. The first-order valence-corrected chi connectivity index (χ1v) is 9.30. The maximum Gasteiger partial charge on any atom is 0.246 e. The van der Waals surface area contributed by atoms with Crippen molar-refractivity contribution < 1.29 is 9.47 Å². The second kappa shape index (κ2) is 8.22. The Morgan fingerprint density at radius 3 is 2.64 bits per heavy atom. The number of hydrogen-bond acceptors (Lipinski definition) is 7.